The Bertz CT molecular complexity index is 1530. The van der Waals surface area contributed by atoms with E-state index in [9.17, 15) is 19.2 Å². The lowest BCUT2D eigenvalue weighted by Gasteiger charge is -2.19. The normalized spacial score (nSPS) is 15.0. The molecule has 210 valence electrons. The van der Waals surface area contributed by atoms with Crippen LogP contribution in [0, 0.1) is 0 Å². The SMILES string of the molecule is COc1cc(/C=C2\SC(=O)N(CC(=O)Nc3ccc4c(c3)OCCO4)C2=O)ccc1OCC(=O)Nc1ccccc1. The third-order valence-electron chi connectivity index (χ3n) is 5.90. The number of amides is 4. The second kappa shape index (κ2) is 12.5. The maximum absolute atomic E-state index is 12.9. The van der Waals surface area contributed by atoms with Crippen LogP contribution >= 0.6 is 11.8 Å². The van der Waals surface area contributed by atoms with Gasteiger partial charge in [0.1, 0.15) is 19.8 Å². The zero-order chi connectivity index (χ0) is 28.8. The van der Waals surface area contributed by atoms with Crippen LogP contribution in [0.1, 0.15) is 5.56 Å². The molecular formula is C29H25N3O8S. The molecule has 0 aliphatic carbocycles. The quantitative estimate of drug-likeness (QED) is 0.361. The number of carbonyl (C=O) groups excluding carboxylic acids is 4. The van der Waals surface area contributed by atoms with Crippen molar-refractivity contribution in [2.75, 3.05) is 44.1 Å². The van der Waals surface area contributed by atoms with E-state index in [1.807, 2.05) is 18.2 Å². The van der Waals surface area contributed by atoms with Crippen molar-refractivity contribution in [3.63, 3.8) is 0 Å². The summed E-state index contributed by atoms with van der Waals surface area (Å²) in [5, 5.41) is 4.84. The van der Waals surface area contributed by atoms with Gasteiger partial charge in [0, 0.05) is 17.4 Å². The van der Waals surface area contributed by atoms with E-state index >= 15 is 0 Å². The van der Waals surface area contributed by atoms with Crippen LogP contribution in [0.3, 0.4) is 0 Å². The molecule has 2 heterocycles. The number of para-hydroxylation sites is 1. The largest absolute Gasteiger partial charge is 0.493 e. The van der Waals surface area contributed by atoms with Gasteiger partial charge < -0.3 is 29.6 Å². The molecule has 0 bridgehead atoms. The molecule has 5 rings (SSSR count). The van der Waals surface area contributed by atoms with Crippen molar-refractivity contribution >= 4 is 52.2 Å². The Morgan fingerprint density at radius 3 is 2.44 bits per heavy atom. The minimum absolute atomic E-state index is 0.153. The molecule has 3 aromatic rings. The number of ether oxygens (including phenoxy) is 4. The number of imide groups is 1. The third-order valence-corrected chi connectivity index (χ3v) is 6.81. The van der Waals surface area contributed by atoms with Crippen molar-refractivity contribution in [3.8, 4) is 23.0 Å². The van der Waals surface area contributed by atoms with E-state index in [4.69, 9.17) is 18.9 Å². The van der Waals surface area contributed by atoms with Crippen molar-refractivity contribution in [2.24, 2.45) is 0 Å². The molecule has 41 heavy (non-hydrogen) atoms. The zero-order valence-corrected chi connectivity index (χ0v) is 22.7. The molecule has 2 N–H and O–H groups in total. The molecule has 0 unspecified atom stereocenters. The van der Waals surface area contributed by atoms with Crippen LogP contribution in [0.2, 0.25) is 0 Å². The predicted molar refractivity (Wildman–Crippen MR) is 152 cm³/mol. The molecule has 0 saturated carbocycles. The van der Waals surface area contributed by atoms with Crippen molar-refractivity contribution in [1.29, 1.82) is 0 Å². The lowest BCUT2D eigenvalue weighted by molar-refractivity contribution is -0.127. The number of hydrogen-bond donors (Lipinski definition) is 2. The lowest BCUT2D eigenvalue weighted by atomic mass is 10.2. The molecule has 2 aliphatic rings. The Morgan fingerprint density at radius 2 is 1.66 bits per heavy atom. The summed E-state index contributed by atoms with van der Waals surface area (Å²) >= 11 is 0.733. The van der Waals surface area contributed by atoms with Crippen LogP contribution in [-0.2, 0) is 14.4 Å². The Labute approximate surface area is 239 Å². The van der Waals surface area contributed by atoms with Crippen LogP contribution in [0.4, 0.5) is 16.2 Å². The fraction of sp³-hybridized carbons (Fsp3) is 0.172. The first-order valence-electron chi connectivity index (χ1n) is 12.5. The van der Waals surface area contributed by atoms with E-state index < -0.39 is 23.6 Å². The van der Waals surface area contributed by atoms with Crippen molar-refractivity contribution in [1.82, 2.24) is 4.90 Å². The van der Waals surface area contributed by atoms with E-state index in [0.717, 1.165) is 16.7 Å². The molecule has 1 saturated heterocycles. The molecule has 1 fully saturated rings. The molecule has 12 heteroatoms. The molecule has 3 aromatic carbocycles. The van der Waals surface area contributed by atoms with Crippen LogP contribution < -0.4 is 29.6 Å². The molecule has 11 nitrogen and oxygen atoms in total. The van der Waals surface area contributed by atoms with Gasteiger partial charge in [-0.05, 0) is 59.8 Å². The fourth-order valence-corrected chi connectivity index (χ4v) is 4.85. The fourth-order valence-electron chi connectivity index (χ4n) is 4.01. The maximum Gasteiger partial charge on any atom is 0.294 e. The summed E-state index contributed by atoms with van der Waals surface area (Å²) in [6.45, 7) is 0.167. The number of fused-ring (bicyclic) bond motifs is 1. The van der Waals surface area contributed by atoms with Crippen molar-refractivity contribution in [2.45, 2.75) is 0 Å². The molecule has 0 aromatic heterocycles. The van der Waals surface area contributed by atoms with Crippen LogP contribution in [0.15, 0.2) is 71.6 Å². The number of nitrogens with zero attached hydrogens (tertiary/aromatic N) is 1. The van der Waals surface area contributed by atoms with Gasteiger partial charge in [-0.25, -0.2) is 0 Å². The number of methoxy groups -OCH3 is 1. The number of benzene rings is 3. The van der Waals surface area contributed by atoms with E-state index in [2.05, 4.69) is 10.6 Å². The first-order valence-corrected chi connectivity index (χ1v) is 13.3. The van der Waals surface area contributed by atoms with Gasteiger partial charge in [0.25, 0.3) is 17.1 Å². The summed E-state index contributed by atoms with van der Waals surface area (Å²) in [5.41, 5.74) is 1.67. The van der Waals surface area contributed by atoms with Gasteiger partial charge in [0.15, 0.2) is 29.6 Å². The van der Waals surface area contributed by atoms with Gasteiger partial charge in [-0.15, -0.1) is 0 Å². The van der Waals surface area contributed by atoms with Crippen LogP contribution in [-0.4, -0.2) is 61.3 Å². The second-order valence-electron chi connectivity index (χ2n) is 8.79. The summed E-state index contributed by atoms with van der Waals surface area (Å²) in [5.74, 6) is 0.287. The topological polar surface area (TPSA) is 133 Å². The molecule has 0 radical (unpaired) electrons. The monoisotopic (exact) mass is 575 g/mol. The van der Waals surface area contributed by atoms with Gasteiger partial charge in [0.05, 0.1) is 12.0 Å². The lowest BCUT2D eigenvalue weighted by Crippen LogP contribution is -2.36. The van der Waals surface area contributed by atoms with Gasteiger partial charge in [0.2, 0.25) is 5.91 Å². The molecule has 4 amide bonds. The number of anilines is 2. The number of hydrogen-bond acceptors (Lipinski definition) is 9. The Hall–Kier alpha value is -4.97. The summed E-state index contributed by atoms with van der Waals surface area (Å²) in [7, 11) is 1.45. The minimum Gasteiger partial charge on any atom is -0.493 e. The van der Waals surface area contributed by atoms with Crippen molar-refractivity contribution in [3.05, 3.63) is 77.2 Å². The molecule has 0 atom stereocenters. The summed E-state index contributed by atoms with van der Waals surface area (Å²) < 4.78 is 22.0. The number of nitrogens with one attached hydrogen (secondary N) is 2. The van der Waals surface area contributed by atoms with Gasteiger partial charge in [-0.1, -0.05) is 24.3 Å². The average Bonchev–Trinajstić information content (AvgIpc) is 3.23. The van der Waals surface area contributed by atoms with Crippen LogP contribution in [0.5, 0.6) is 23.0 Å². The smallest absolute Gasteiger partial charge is 0.294 e. The summed E-state index contributed by atoms with van der Waals surface area (Å²) in [6, 6.07) is 18.8. The number of carbonyl (C=O) groups is 4. The van der Waals surface area contributed by atoms with E-state index in [1.165, 1.54) is 13.2 Å². The van der Waals surface area contributed by atoms with Gasteiger partial charge in [-0.3, -0.25) is 24.1 Å². The van der Waals surface area contributed by atoms with E-state index in [0.29, 0.717) is 53.2 Å². The minimum atomic E-state index is -0.589. The second-order valence-corrected chi connectivity index (χ2v) is 9.78. The first kappa shape index (κ1) is 27.6. The average molecular weight is 576 g/mol. The summed E-state index contributed by atoms with van der Waals surface area (Å²) in [4.78, 5) is 51.4. The predicted octanol–water partition coefficient (Wildman–Crippen LogP) is 4.16. The number of rotatable bonds is 9. The molecule has 0 spiro atoms. The summed E-state index contributed by atoms with van der Waals surface area (Å²) in [6.07, 6.45) is 1.53. The standard InChI is InChI=1S/C29H25N3O8S/c1-37-23-13-18(7-9-21(23)40-17-27(34)30-19-5-3-2-4-6-19)14-25-28(35)32(29(36)41-25)16-26(33)31-20-8-10-22-24(15-20)39-12-11-38-22/h2-10,13-15H,11-12,16-17H2,1H3,(H,30,34)(H,31,33)/b25-14-. The first-order chi connectivity index (χ1) is 19.9. The van der Waals surface area contributed by atoms with Crippen molar-refractivity contribution < 1.29 is 38.1 Å². The third kappa shape index (κ3) is 6.79. The van der Waals surface area contributed by atoms with Gasteiger partial charge >= 0.3 is 0 Å². The zero-order valence-electron chi connectivity index (χ0n) is 21.9. The Balaban J connectivity index is 1.19. The molecular weight excluding hydrogens is 550 g/mol. The van der Waals surface area contributed by atoms with Crippen LogP contribution in [0.25, 0.3) is 6.08 Å². The van der Waals surface area contributed by atoms with E-state index in [1.54, 1.807) is 48.5 Å². The van der Waals surface area contributed by atoms with Gasteiger partial charge in [-0.2, -0.15) is 0 Å². The number of thioether (sulfide) groups is 1. The highest BCUT2D eigenvalue weighted by Gasteiger charge is 2.36. The highest BCUT2D eigenvalue weighted by molar-refractivity contribution is 8.18. The van der Waals surface area contributed by atoms with E-state index in [-0.39, 0.29) is 17.4 Å². The Morgan fingerprint density at radius 1 is 0.902 bits per heavy atom. The highest BCUT2D eigenvalue weighted by Crippen LogP contribution is 2.35. The Kier molecular flexibility index (Phi) is 8.39. The molecule has 2 aliphatic heterocycles. The maximum atomic E-state index is 12.9. The highest BCUT2D eigenvalue weighted by atomic mass is 32.2.